The minimum absolute atomic E-state index is 0.0165. The van der Waals surface area contributed by atoms with Crippen LogP contribution < -0.4 is 10.3 Å². The van der Waals surface area contributed by atoms with Gasteiger partial charge in [-0.1, -0.05) is 19.1 Å². The maximum atomic E-state index is 13.3. The molecule has 1 fully saturated rings. The molecule has 0 bridgehead atoms. The minimum atomic E-state index is -0.137. The van der Waals surface area contributed by atoms with E-state index in [1.54, 1.807) is 28.5 Å². The second-order valence-corrected chi connectivity index (χ2v) is 8.55. The zero-order valence-electron chi connectivity index (χ0n) is 18.3. The van der Waals surface area contributed by atoms with Crippen molar-refractivity contribution in [3.63, 3.8) is 0 Å². The number of likely N-dealkylation sites (tertiary alicyclic amines) is 1. The molecule has 0 N–H and O–H groups in total. The summed E-state index contributed by atoms with van der Waals surface area (Å²) in [5, 5.41) is 4.34. The van der Waals surface area contributed by atoms with Gasteiger partial charge in [0.15, 0.2) is 0 Å². The molecule has 3 heterocycles. The molecule has 7 heteroatoms. The lowest BCUT2D eigenvalue weighted by Crippen LogP contribution is -2.38. The van der Waals surface area contributed by atoms with E-state index in [9.17, 15) is 9.59 Å². The molecule has 4 aromatic rings. The Kier molecular flexibility index (Phi) is 5.17. The molecule has 1 aliphatic heterocycles. The lowest BCUT2D eigenvalue weighted by molar-refractivity contribution is 0.0697. The third kappa shape index (κ3) is 3.53. The average molecular weight is 431 g/mol. The van der Waals surface area contributed by atoms with Gasteiger partial charge in [0.25, 0.3) is 11.5 Å². The summed E-state index contributed by atoms with van der Waals surface area (Å²) in [6.07, 6.45) is 3.67. The highest BCUT2D eigenvalue weighted by Crippen LogP contribution is 2.22. The molecule has 0 saturated carbocycles. The highest BCUT2D eigenvalue weighted by molar-refractivity contribution is 5.97. The number of rotatable bonds is 4. The van der Waals surface area contributed by atoms with Crippen LogP contribution in [0.3, 0.4) is 0 Å². The van der Waals surface area contributed by atoms with Crippen molar-refractivity contribution in [3.8, 4) is 5.75 Å². The Bertz CT molecular complexity index is 1350. The van der Waals surface area contributed by atoms with Crippen molar-refractivity contribution in [2.24, 2.45) is 5.92 Å². The van der Waals surface area contributed by atoms with Gasteiger partial charge in [-0.3, -0.25) is 9.59 Å². The molecule has 2 aromatic heterocycles. The normalized spacial score (nSPS) is 14.9. The van der Waals surface area contributed by atoms with Gasteiger partial charge in [0.05, 0.1) is 30.9 Å². The summed E-state index contributed by atoms with van der Waals surface area (Å²) < 4.78 is 8.62. The number of fused-ring (bicyclic) bond motifs is 3. The number of carbonyl (C=O) groups excluding carboxylic acids is 1. The maximum Gasteiger partial charge on any atom is 0.277 e. The van der Waals surface area contributed by atoms with E-state index in [4.69, 9.17) is 4.74 Å². The quantitative estimate of drug-likeness (QED) is 0.496. The largest absolute Gasteiger partial charge is 0.497 e. The van der Waals surface area contributed by atoms with Gasteiger partial charge in [-0.05, 0) is 60.7 Å². The highest BCUT2D eigenvalue weighted by Gasteiger charge is 2.22. The number of carbonyl (C=O) groups is 1. The summed E-state index contributed by atoms with van der Waals surface area (Å²) in [5.41, 5.74) is 3.43. The van der Waals surface area contributed by atoms with Crippen molar-refractivity contribution < 1.29 is 9.53 Å². The van der Waals surface area contributed by atoms with Crippen molar-refractivity contribution in [1.82, 2.24) is 19.1 Å². The molecule has 1 amide bonds. The summed E-state index contributed by atoms with van der Waals surface area (Å²) >= 11 is 0. The van der Waals surface area contributed by atoms with Crippen LogP contribution in [-0.4, -0.2) is 45.2 Å². The van der Waals surface area contributed by atoms with Gasteiger partial charge in [0, 0.05) is 18.7 Å². The third-order valence-corrected chi connectivity index (χ3v) is 6.42. The van der Waals surface area contributed by atoms with Crippen molar-refractivity contribution >= 4 is 22.5 Å². The van der Waals surface area contributed by atoms with E-state index in [2.05, 4.69) is 12.0 Å². The van der Waals surface area contributed by atoms with E-state index in [0.717, 1.165) is 42.8 Å². The fraction of sp³-hybridized carbons (Fsp3) is 0.320. The molecule has 0 aliphatic carbocycles. The lowest BCUT2D eigenvalue weighted by Gasteiger charge is -2.30. The van der Waals surface area contributed by atoms with Crippen LogP contribution in [0.5, 0.6) is 5.75 Å². The van der Waals surface area contributed by atoms with Crippen LogP contribution in [0.4, 0.5) is 0 Å². The van der Waals surface area contributed by atoms with Crippen LogP contribution in [-0.2, 0) is 6.54 Å². The van der Waals surface area contributed by atoms with Crippen molar-refractivity contribution in [3.05, 3.63) is 76.2 Å². The van der Waals surface area contributed by atoms with Gasteiger partial charge < -0.3 is 14.2 Å². The highest BCUT2D eigenvalue weighted by atomic mass is 16.5. The summed E-state index contributed by atoms with van der Waals surface area (Å²) in [6, 6.07) is 14.9. The van der Waals surface area contributed by atoms with E-state index in [0.29, 0.717) is 29.1 Å². The maximum absolute atomic E-state index is 13.3. The molecule has 7 nitrogen and oxygen atoms in total. The summed E-state index contributed by atoms with van der Waals surface area (Å²) in [4.78, 5) is 28.4. The number of piperidine rings is 1. The van der Waals surface area contributed by atoms with Crippen LogP contribution in [0, 0.1) is 5.92 Å². The van der Waals surface area contributed by atoms with Crippen LogP contribution in [0.25, 0.3) is 16.6 Å². The van der Waals surface area contributed by atoms with Crippen molar-refractivity contribution in [2.75, 3.05) is 20.2 Å². The van der Waals surface area contributed by atoms with Crippen molar-refractivity contribution in [1.29, 1.82) is 0 Å². The molecule has 2 aromatic carbocycles. The first kappa shape index (κ1) is 20.3. The Balaban J connectivity index is 1.61. The number of ether oxygens (including phenoxy) is 1. The molecule has 164 valence electrons. The summed E-state index contributed by atoms with van der Waals surface area (Å²) in [6.45, 7) is 4.16. The molecule has 0 atom stereocenters. The number of methoxy groups -OCH3 is 1. The predicted molar refractivity (Wildman–Crippen MR) is 123 cm³/mol. The Morgan fingerprint density at radius 1 is 1.03 bits per heavy atom. The van der Waals surface area contributed by atoms with E-state index >= 15 is 0 Å². The van der Waals surface area contributed by atoms with Gasteiger partial charge in [0.1, 0.15) is 11.3 Å². The first-order valence-corrected chi connectivity index (χ1v) is 11.0. The van der Waals surface area contributed by atoms with Gasteiger partial charge in [-0.25, -0.2) is 4.52 Å². The summed E-state index contributed by atoms with van der Waals surface area (Å²) in [7, 11) is 1.63. The molecule has 1 saturated heterocycles. The molecule has 5 rings (SSSR count). The Morgan fingerprint density at radius 2 is 1.78 bits per heavy atom. The Labute approximate surface area is 185 Å². The molecular formula is C25H26N4O3. The van der Waals surface area contributed by atoms with Gasteiger partial charge in [0.2, 0.25) is 0 Å². The van der Waals surface area contributed by atoms with Gasteiger partial charge in [-0.2, -0.15) is 5.10 Å². The molecule has 1 aliphatic rings. The number of nitrogens with zero attached hydrogens (tertiary/aromatic N) is 4. The van der Waals surface area contributed by atoms with E-state index in [1.807, 2.05) is 47.4 Å². The van der Waals surface area contributed by atoms with Gasteiger partial charge in [-0.15, -0.1) is 0 Å². The lowest BCUT2D eigenvalue weighted by atomic mass is 9.98. The zero-order valence-corrected chi connectivity index (χ0v) is 18.3. The first-order valence-electron chi connectivity index (χ1n) is 11.0. The minimum Gasteiger partial charge on any atom is -0.497 e. The van der Waals surface area contributed by atoms with E-state index in [1.165, 1.54) is 0 Å². The SMILES string of the molecule is COc1ccc(Cn2c(=O)c3ccnn3c3ccc(C(=O)N4CCC(C)CC4)cc32)cc1. The fourth-order valence-corrected chi connectivity index (χ4v) is 4.42. The predicted octanol–water partition coefficient (Wildman–Crippen LogP) is 3.58. The van der Waals surface area contributed by atoms with Crippen LogP contribution in [0.1, 0.15) is 35.7 Å². The van der Waals surface area contributed by atoms with Crippen LogP contribution in [0.2, 0.25) is 0 Å². The number of hydrogen-bond acceptors (Lipinski definition) is 4. The fourth-order valence-electron chi connectivity index (χ4n) is 4.42. The monoisotopic (exact) mass is 430 g/mol. The van der Waals surface area contributed by atoms with E-state index in [-0.39, 0.29) is 11.5 Å². The molecule has 0 unspecified atom stereocenters. The molecule has 0 radical (unpaired) electrons. The average Bonchev–Trinajstić information content (AvgIpc) is 3.32. The smallest absolute Gasteiger partial charge is 0.277 e. The number of benzene rings is 2. The first-order chi connectivity index (χ1) is 15.5. The molecular weight excluding hydrogens is 404 g/mol. The van der Waals surface area contributed by atoms with Crippen LogP contribution >= 0.6 is 0 Å². The Morgan fingerprint density at radius 3 is 2.50 bits per heavy atom. The van der Waals surface area contributed by atoms with Gasteiger partial charge >= 0.3 is 0 Å². The number of aromatic nitrogens is 3. The third-order valence-electron chi connectivity index (χ3n) is 6.42. The second kappa shape index (κ2) is 8.15. The standard InChI is InChI=1S/C25H26N4O3/c1-17-10-13-27(14-11-17)24(30)19-5-8-21-23(15-19)28(25(31)22-9-12-26-29(21)22)16-18-3-6-20(32-2)7-4-18/h3-9,12,15,17H,10-11,13-14,16H2,1-2H3. The van der Waals surface area contributed by atoms with Crippen LogP contribution in [0.15, 0.2) is 59.5 Å². The molecule has 32 heavy (non-hydrogen) atoms. The Hall–Kier alpha value is -3.61. The second-order valence-electron chi connectivity index (χ2n) is 8.55. The van der Waals surface area contributed by atoms with Crippen molar-refractivity contribution in [2.45, 2.75) is 26.3 Å². The molecule has 0 spiro atoms. The zero-order chi connectivity index (χ0) is 22.2. The van der Waals surface area contributed by atoms with E-state index < -0.39 is 0 Å². The number of amides is 1. The topological polar surface area (TPSA) is 68.8 Å². The summed E-state index contributed by atoms with van der Waals surface area (Å²) in [5.74, 6) is 1.43. The number of hydrogen-bond donors (Lipinski definition) is 0.